The molecule has 2 atom stereocenters. The first-order valence-corrected chi connectivity index (χ1v) is 8.70. The van der Waals surface area contributed by atoms with Crippen molar-refractivity contribution in [2.45, 2.75) is 25.4 Å². The molecule has 0 aromatic carbocycles. The predicted octanol–water partition coefficient (Wildman–Crippen LogP) is 2.38. The summed E-state index contributed by atoms with van der Waals surface area (Å²) in [4.78, 5) is 18.1. The minimum absolute atomic E-state index is 0.0641. The van der Waals surface area contributed by atoms with Gasteiger partial charge in [-0.25, -0.2) is 0 Å². The number of carbonyl (C=O) groups is 1. The normalized spacial score (nSPS) is 26.1. The second-order valence-electron chi connectivity index (χ2n) is 5.73. The lowest BCUT2D eigenvalue weighted by Crippen LogP contribution is -2.46. The Morgan fingerprint density at radius 2 is 2.14 bits per heavy atom. The number of hydrogen-bond donors (Lipinski definition) is 0. The van der Waals surface area contributed by atoms with Crippen molar-refractivity contribution in [2.24, 2.45) is 0 Å². The summed E-state index contributed by atoms with van der Waals surface area (Å²) in [6.07, 6.45) is 1.14. The van der Waals surface area contributed by atoms with E-state index in [1.807, 2.05) is 13.0 Å². The molecular weight excluding hydrogens is 308 g/mol. The smallest absolute Gasteiger partial charge is 0.189 e. The van der Waals surface area contributed by atoms with Gasteiger partial charge >= 0.3 is 0 Å². The van der Waals surface area contributed by atoms with Crippen LogP contribution in [0.2, 0.25) is 4.34 Å². The van der Waals surface area contributed by atoms with Crippen LogP contribution in [0.4, 0.5) is 0 Å². The second-order valence-corrected chi connectivity index (χ2v) is 7.44. The number of carbonyl (C=O) groups excluding carboxylic acids is 1. The quantitative estimate of drug-likeness (QED) is 0.794. The zero-order valence-corrected chi connectivity index (χ0v) is 13.8. The first kappa shape index (κ1) is 15.4. The summed E-state index contributed by atoms with van der Waals surface area (Å²) in [6.45, 7) is 7.68. The van der Waals surface area contributed by atoms with Crippen LogP contribution in [0.3, 0.4) is 0 Å². The molecule has 1 aromatic heterocycles. The van der Waals surface area contributed by atoms with Crippen LogP contribution in [0.15, 0.2) is 12.1 Å². The van der Waals surface area contributed by atoms with E-state index in [1.54, 1.807) is 6.07 Å². The maximum Gasteiger partial charge on any atom is 0.189 e. The van der Waals surface area contributed by atoms with E-state index in [-0.39, 0.29) is 11.8 Å². The van der Waals surface area contributed by atoms with Gasteiger partial charge in [0.2, 0.25) is 0 Å². The Hall–Kier alpha value is -0.460. The van der Waals surface area contributed by atoms with E-state index in [1.165, 1.54) is 11.3 Å². The molecule has 2 fully saturated rings. The number of halogens is 1. The van der Waals surface area contributed by atoms with Crippen molar-refractivity contribution in [1.82, 2.24) is 9.80 Å². The van der Waals surface area contributed by atoms with Crippen molar-refractivity contribution in [2.75, 3.05) is 39.4 Å². The fourth-order valence-corrected chi connectivity index (χ4v) is 4.24. The van der Waals surface area contributed by atoms with Gasteiger partial charge in [0.1, 0.15) is 0 Å². The Balaban J connectivity index is 1.58. The van der Waals surface area contributed by atoms with Crippen molar-refractivity contribution in [3.05, 3.63) is 21.3 Å². The molecule has 116 valence electrons. The highest BCUT2D eigenvalue weighted by molar-refractivity contribution is 7.18. The molecule has 0 amide bonds. The van der Waals surface area contributed by atoms with Crippen LogP contribution in [-0.2, 0) is 4.74 Å². The minimum atomic E-state index is -0.0641. The van der Waals surface area contributed by atoms with Gasteiger partial charge in [-0.2, -0.15) is 0 Å². The Labute approximate surface area is 134 Å². The zero-order valence-electron chi connectivity index (χ0n) is 12.3. The molecule has 3 heterocycles. The summed E-state index contributed by atoms with van der Waals surface area (Å²) in [5, 5.41) is 0. The van der Waals surface area contributed by atoms with Crippen LogP contribution >= 0.6 is 22.9 Å². The van der Waals surface area contributed by atoms with E-state index in [0.29, 0.717) is 10.4 Å². The van der Waals surface area contributed by atoms with Gasteiger partial charge in [-0.1, -0.05) is 11.6 Å². The van der Waals surface area contributed by atoms with Crippen molar-refractivity contribution < 1.29 is 9.53 Å². The van der Waals surface area contributed by atoms with Crippen LogP contribution in [0.25, 0.3) is 0 Å². The number of hydrogen-bond acceptors (Lipinski definition) is 5. The molecule has 0 spiro atoms. The molecule has 2 aliphatic heterocycles. The fourth-order valence-electron chi connectivity index (χ4n) is 3.18. The third-order valence-corrected chi connectivity index (χ3v) is 5.75. The van der Waals surface area contributed by atoms with Crippen molar-refractivity contribution in [1.29, 1.82) is 0 Å². The predicted molar refractivity (Wildman–Crippen MR) is 85.5 cm³/mol. The highest BCUT2D eigenvalue weighted by atomic mass is 35.5. The number of nitrogens with zero attached hydrogens (tertiary/aromatic N) is 2. The first-order valence-electron chi connectivity index (χ1n) is 7.50. The lowest BCUT2D eigenvalue weighted by molar-refractivity contribution is 0.0178. The maximum atomic E-state index is 12.5. The largest absolute Gasteiger partial charge is 0.379 e. The topological polar surface area (TPSA) is 32.8 Å². The SMILES string of the molecule is CC(C(=O)c1ccc(Cl)s1)N1CCC(N2CCOCC2)C1. The number of ether oxygens (including phenoxy) is 1. The van der Waals surface area contributed by atoms with Gasteiger partial charge in [0.25, 0.3) is 0 Å². The van der Waals surface area contributed by atoms with E-state index < -0.39 is 0 Å². The van der Waals surface area contributed by atoms with Crippen molar-refractivity contribution >= 4 is 28.7 Å². The van der Waals surface area contributed by atoms with E-state index in [0.717, 1.165) is 50.7 Å². The van der Waals surface area contributed by atoms with Crippen molar-refractivity contribution in [3.8, 4) is 0 Å². The standard InChI is InChI=1S/C15H21ClN2O2S/c1-11(15(19)13-2-3-14(16)21-13)18-5-4-12(10-18)17-6-8-20-9-7-17/h2-3,11-12H,4-10H2,1H3. The number of thiophene rings is 1. The molecule has 2 unspecified atom stereocenters. The van der Waals surface area contributed by atoms with Gasteiger partial charge in [0.15, 0.2) is 5.78 Å². The molecule has 21 heavy (non-hydrogen) atoms. The number of morpholine rings is 1. The molecule has 0 saturated carbocycles. The molecule has 0 N–H and O–H groups in total. The number of Topliss-reactive ketones (excluding diaryl/α,β-unsaturated/α-hetero) is 1. The Kier molecular flexibility index (Phi) is 4.96. The first-order chi connectivity index (χ1) is 10.1. The molecule has 0 radical (unpaired) electrons. The summed E-state index contributed by atoms with van der Waals surface area (Å²) >= 11 is 7.30. The molecule has 1 aromatic rings. The average molecular weight is 329 g/mol. The number of rotatable bonds is 4. The van der Waals surface area contributed by atoms with Crippen LogP contribution in [0, 0.1) is 0 Å². The van der Waals surface area contributed by atoms with Crippen LogP contribution in [-0.4, -0.2) is 67.1 Å². The van der Waals surface area contributed by atoms with Gasteiger partial charge in [0, 0.05) is 32.2 Å². The van der Waals surface area contributed by atoms with Gasteiger partial charge in [-0.05, 0) is 25.5 Å². The molecule has 2 aliphatic rings. The van der Waals surface area contributed by atoms with Gasteiger partial charge in [0.05, 0.1) is 28.5 Å². The molecule has 6 heteroatoms. The molecule has 3 rings (SSSR count). The lowest BCUT2D eigenvalue weighted by atomic mass is 10.1. The highest BCUT2D eigenvalue weighted by Gasteiger charge is 2.33. The summed E-state index contributed by atoms with van der Waals surface area (Å²) in [7, 11) is 0. The minimum Gasteiger partial charge on any atom is -0.379 e. The van der Waals surface area contributed by atoms with E-state index in [9.17, 15) is 4.79 Å². The molecule has 4 nitrogen and oxygen atoms in total. The molecule has 0 bridgehead atoms. The van der Waals surface area contributed by atoms with Crippen LogP contribution < -0.4 is 0 Å². The number of likely N-dealkylation sites (tertiary alicyclic amines) is 1. The molecular formula is C15H21ClN2O2S. The summed E-state index contributed by atoms with van der Waals surface area (Å²) in [5.41, 5.74) is 0. The third-order valence-electron chi connectivity index (χ3n) is 4.50. The Bertz CT molecular complexity index is 502. The van der Waals surface area contributed by atoms with Gasteiger partial charge in [-0.3, -0.25) is 14.6 Å². The summed E-state index contributed by atoms with van der Waals surface area (Å²) in [5.74, 6) is 0.189. The third kappa shape index (κ3) is 3.48. The maximum absolute atomic E-state index is 12.5. The molecule has 0 aliphatic carbocycles. The van der Waals surface area contributed by atoms with Gasteiger partial charge < -0.3 is 4.74 Å². The summed E-state index contributed by atoms with van der Waals surface area (Å²) in [6, 6.07) is 4.13. The number of ketones is 1. The van der Waals surface area contributed by atoms with Crippen LogP contribution in [0.5, 0.6) is 0 Å². The van der Waals surface area contributed by atoms with Crippen LogP contribution in [0.1, 0.15) is 23.0 Å². The van der Waals surface area contributed by atoms with E-state index >= 15 is 0 Å². The summed E-state index contributed by atoms with van der Waals surface area (Å²) < 4.78 is 6.09. The average Bonchev–Trinajstić information content (AvgIpc) is 3.16. The zero-order chi connectivity index (χ0) is 14.8. The van der Waals surface area contributed by atoms with E-state index in [2.05, 4.69) is 9.80 Å². The van der Waals surface area contributed by atoms with E-state index in [4.69, 9.17) is 16.3 Å². The Morgan fingerprint density at radius 1 is 1.38 bits per heavy atom. The van der Waals surface area contributed by atoms with Gasteiger partial charge in [-0.15, -0.1) is 11.3 Å². The second kappa shape index (κ2) is 6.75. The van der Waals surface area contributed by atoms with Crippen molar-refractivity contribution in [3.63, 3.8) is 0 Å². The lowest BCUT2D eigenvalue weighted by Gasteiger charge is -2.32. The molecule has 2 saturated heterocycles. The monoisotopic (exact) mass is 328 g/mol. The Morgan fingerprint density at radius 3 is 2.81 bits per heavy atom. The fraction of sp³-hybridized carbons (Fsp3) is 0.667. The highest BCUT2D eigenvalue weighted by Crippen LogP contribution is 2.25.